The monoisotopic (exact) mass is 316 g/mol. The Morgan fingerprint density at radius 1 is 1.17 bits per heavy atom. The zero-order chi connectivity index (χ0) is 16.8. The molecule has 0 saturated heterocycles. The number of hydrogen-bond acceptors (Lipinski definition) is 3. The molecule has 1 aromatic rings. The van der Waals surface area contributed by atoms with E-state index < -0.39 is 0 Å². The fraction of sp³-hybridized carbons (Fsp3) is 0.474. The number of rotatable bonds is 12. The molecule has 1 amide bonds. The molecule has 0 unspecified atom stereocenters. The molecular formula is C19H28N2O2. The summed E-state index contributed by atoms with van der Waals surface area (Å²) in [6, 6.07) is 7.55. The van der Waals surface area contributed by atoms with Crippen molar-refractivity contribution < 1.29 is 9.53 Å². The molecule has 23 heavy (non-hydrogen) atoms. The number of unbranched alkanes of at least 4 members (excludes halogenated alkanes) is 6. The number of amides is 1. The second-order valence-corrected chi connectivity index (χ2v) is 5.48. The van der Waals surface area contributed by atoms with Gasteiger partial charge in [-0.25, -0.2) is 5.43 Å². The Kier molecular flexibility index (Phi) is 10.3. The van der Waals surface area contributed by atoms with Crippen molar-refractivity contribution in [3.05, 3.63) is 42.5 Å². The minimum atomic E-state index is -0.0391. The Morgan fingerprint density at radius 2 is 1.87 bits per heavy atom. The largest absolute Gasteiger partial charge is 0.496 e. The lowest BCUT2D eigenvalue weighted by Gasteiger charge is -2.03. The van der Waals surface area contributed by atoms with Gasteiger partial charge in [0.25, 0.3) is 0 Å². The summed E-state index contributed by atoms with van der Waals surface area (Å²) >= 11 is 0. The van der Waals surface area contributed by atoms with Gasteiger partial charge in [0.15, 0.2) is 0 Å². The molecule has 0 radical (unpaired) electrons. The first-order valence-corrected chi connectivity index (χ1v) is 8.33. The average Bonchev–Trinajstić information content (AvgIpc) is 2.57. The number of carbonyl (C=O) groups is 1. The average molecular weight is 316 g/mol. The highest BCUT2D eigenvalue weighted by molar-refractivity contribution is 5.85. The van der Waals surface area contributed by atoms with Crippen LogP contribution in [0.4, 0.5) is 0 Å². The smallest absolute Gasteiger partial charge is 0.240 e. The highest BCUT2D eigenvalue weighted by Gasteiger charge is 2.00. The lowest BCUT2D eigenvalue weighted by molar-refractivity contribution is -0.121. The summed E-state index contributed by atoms with van der Waals surface area (Å²) in [5.74, 6) is 0.699. The normalized spacial score (nSPS) is 10.7. The Hall–Kier alpha value is -2.10. The van der Waals surface area contributed by atoms with Gasteiger partial charge in [-0.1, -0.05) is 43.9 Å². The molecule has 0 aromatic heterocycles. The molecule has 0 aliphatic carbocycles. The molecule has 0 bridgehead atoms. The number of hydrogen-bond donors (Lipinski definition) is 1. The SMILES string of the molecule is C=CCCCCCCCCC(=O)NN=Cc1ccccc1OC. The molecule has 1 aromatic carbocycles. The van der Waals surface area contributed by atoms with Gasteiger partial charge in [-0.05, 0) is 31.4 Å². The van der Waals surface area contributed by atoms with Crippen LogP contribution in [0, 0.1) is 0 Å². The highest BCUT2D eigenvalue weighted by atomic mass is 16.5. The number of carbonyl (C=O) groups excluding carboxylic acids is 1. The van der Waals surface area contributed by atoms with Gasteiger partial charge in [0.2, 0.25) is 5.91 Å². The zero-order valence-corrected chi connectivity index (χ0v) is 14.1. The van der Waals surface area contributed by atoms with E-state index in [1.165, 1.54) is 25.7 Å². The van der Waals surface area contributed by atoms with E-state index >= 15 is 0 Å². The van der Waals surface area contributed by atoms with Crippen molar-refractivity contribution in [1.82, 2.24) is 5.43 Å². The van der Waals surface area contributed by atoms with Crippen molar-refractivity contribution in [2.45, 2.75) is 51.4 Å². The van der Waals surface area contributed by atoms with Crippen molar-refractivity contribution in [1.29, 1.82) is 0 Å². The van der Waals surface area contributed by atoms with Crippen molar-refractivity contribution in [2.24, 2.45) is 5.10 Å². The fourth-order valence-electron chi connectivity index (χ4n) is 2.28. The van der Waals surface area contributed by atoms with Crippen LogP contribution >= 0.6 is 0 Å². The van der Waals surface area contributed by atoms with E-state index in [9.17, 15) is 4.79 Å². The van der Waals surface area contributed by atoms with Crippen molar-refractivity contribution in [3.8, 4) is 5.75 Å². The summed E-state index contributed by atoms with van der Waals surface area (Å²) in [6.07, 6.45) is 12.1. The molecule has 0 atom stereocenters. The van der Waals surface area contributed by atoms with Gasteiger partial charge in [0, 0.05) is 12.0 Å². The number of nitrogens with one attached hydrogen (secondary N) is 1. The third-order valence-electron chi connectivity index (χ3n) is 3.59. The molecule has 0 aliphatic rings. The van der Waals surface area contributed by atoms with E-state index in [0.717, 1.165) is 30.6 Å². The summed E-state index contributed by atoms with van der Waals surface area (Å²) in [6.45, 7) is 3.72. The minimum absolute atomic E-state index is 0.0391. The highest BCUT2D eigenvalue weighted by Crippen LogP contribution is 2.14. The lowest BCUT2D eigenvalue weighted by atomic mass is 10.1. The molecule has 0 saturated carbocycles. The van der Waals surface area contributed by atoms with E-state index in [4.69, 9.17) is 4.74 Å². The lowest BCUT2D eigenvalue weighted by Crippen LogP contribution is -2.16. The second kappa shape index (κ2) is 12.4. The number of benzene rings is 1. The molecule has 126 valence electrons. The van der Waals surface area contributed by atoms with Crippen LogP contribution in [0.25, 0.3) is 0 Å². The quantitative estimate of drug-likeness (QED) is 0.268. The van der Waals surface area contributed by atoms with Crippen LogP contribution in [0.2, 0.25) is 0 Å². The Bertz CT molecular complexity index is 498. The molecule has 0 aliphatic heterocycles. The topological polar surface area (TPSA) is 50.7 Å². The summed E-state index contributed by atoms with van der Waals surface area (Å²) < 4.78 is 5.22. The molecule has 0 fully saturated rings. The van der Waals surface area contributed by atoms with Gasteiger partial charge in [-0.3, -0.25) is 4.79 Å². The van der Waals surface area contributed by atoms with Crippen molar-refractivity contribution in [2.75, 3.05) is 7.11 Å². The maximum absolute atomic E-state index is 11.7. The minimum Gasteiger partial charge on any atom is -0.496 e. The van der Waals surface area contributed by atoms with Gasteiger partial charge >= 0.3 is 0 Å². The van der Waals surface area contributed by atoms with Crippen LogP contribution in [-0.4, -0.2) is 19.2 Å². The molecule has 1 N–H and O–H groups in total. The third-order valence-corrected chi connectivity index (χ3v) is 3.59. The fourth-order valence-corrected chi connectivity index (χ4v) is 2.28. The Labute approximate surface area is 139 Å². The van der Waals surface area contributed by atoms with Crippen LogP contribution in [0.3, 0.4) is 0 Å². The first-order valence-electron chi connectivity index (χ1n) is 8.33. The van der Waals surface area contributed by atoms with Gasteiger partial charge in [-0.15, -0.1) is 6.58 Å². The molecule has 1 rings (SSSR count). The van der Waals surface area contributed by atoms with E-state index in [-0.39, 0.29) is 5.91 Å². The maximum atomic E-state index is 11.7. The van der Waals surface area contributed by atoms with Gasteiger partial charge in [-0.2, -0.15) is 5.10 Å². The molecule has 0 spiro atoms. The first kappa shape index (κ1) is 18.9. The molecular weight excluding hydrogens is 288 g/mol. The van der Waals surface area contributed by atoms with Gasteiger partial charge in [0.05, 0.1) is 13.3 Å². The molecule has 4 heteroatoms. The third kappa shape index (κ3) is 8.81. The first-order chi connectivity index (χ1) is 11.3. The second-order valence-electron chi connectivity index (χ2n) is 5.48. The number of para-hydroxylation sites is 1. The Morgan fingerprint density at radius 3 is 2.61 bits per heavy atom. The summed E-state index contributed by atoms with van der Waals surface area (Å²) in [5.41, 5.74) is 3.41. The maximum Gasteiger partial charge on any atom is 0.240 e. The summed E-state index contributed by atoms with van der Waals surface area (Å²) in [5, 5.41) is 3.99. The number of hydrazone groups is 1. The Balaban J connectivity index is 2.12. The van der Waals surface area contributed by atoms with E-state index in [1.807, 2.05) is 30.3 Å². The van der Waals surface area contributed by atoms with Crippen LogP contribution < -0.4 is 10.2 Å². The predicted molar refractivity (Wildman–Crippen MR) is 95.9 cm³/mol. The van der Waals surface area contributed by atoms with Crippen LogP contribution in [0.15, 0.2) is 42.0 Å². The zero-order valence-electron chi connectivity index (χ0n) is 14.1. The number of ether oxygens (including phenoxy) is 1. The molecule has 4 nitrogen and oxygen atoms in total. The van der Waals surface area contributed by atoms with Crippen molar-refractivity contribution in [3.63, 3.8) is 0 Å². The van der Waals surface area contributed by atoms with Crippen LogP contribution in [0.5, 0.6) is 5.75 Å². The van der Waals surface area contributed by atoms with Gasteiger partial charge < -0.3 is 4.74 Å². The van der Waals surface area contributed by atoms with E-state index in [2.05, 4.69) is 17.1 Å². The van der Waals surface area contributed by atoms with Gasteiger partial charge in [0.1, 0.15) is 5.75 Å². The summed E-state index contributed by atoms with van der Waals surface area (Å²) in [4.78, 5) is 11.7. The standard InChI is InChI=1S/C19H28N2O2/c1-3-4-5-6-7-8-9-10-15-19(22)21-20-16-17-13-11-12-14-18(17)23-2/h3,11-14,16H,1,4-10,15H2,2H3,(H,21,22). The van der Waals surface area contributed by atoms with Crippen LogP contribution in [0.1, 0.15) is 56.9 Å². The van der Waals surface area contributed by atoms with Crippen molar-refractivity contribution >= 4 is 12.1 Å². The number of nitrogens with zero attached hydrogens (tertiary/aromatic N) is 1. The summed E-state index contributed by atoms with van der Waals surface area (Å²) in [7, 11) is 1.61. The number of methoxy groups -OCH3 is 1. The van der Waals surface area contributed by atoms with E-state index in [0.29, 0.717) is 6.42 Å². The van der Waals surface area contributed by atoms with Crippen LogP contribution in [-0.2, 0) is 4.79 Å². The number of allylic oxidation sites excluding steroid dienone is 1. The predicted octanol–water partition coefficient (Wildman–Crippen LogP) is 4.45. The van der Waals surface area contributed by atoms with E-state index in [1.54, 1.807) is 13.3 Å². The molecule has 0 heterocycles.